The molecule has 0 amide bonds. The summed E-state index contributed by atoms with van der Waals surface area (Å²) in [6.07, 6.45) is 3.12. The first-order valence-electron chi connectivity index (χ1n) is 12.2. The molecule has 0 aliphatic carbocycles. The van der Waals surface area contributed by atoms with Gasteiger partial charge < -0.3 is 23.7 Å². The molecular formula is C28H28N2O8S. The molecule has 204 valence electrons. The van der Waals surface area contributed by atoms with Crippen molar-refractivity contribution < 1.29 is 33.3 Å². The Bertz CT molecular complexity index is 1620. The number of thiazole rings is 1. The van der Waals surface area contributed by atoms with Crippen LogP contribution >= 0.6 is 11.3 Å². The van der Waals surface area contributed by atoms with E-state index in [1.807, 2.05) is 13.8 Å². The van der Waals surface area contributed by atoms with Crippen LogP contribution in [0.3, 0.4) is 0 Å². The van der Waals surface area contributed by atoms with Crippen LogP contribution in [-0.4, -0.2) is 43.9 Å². The second-order valence-electron chi connectivity index (χ2n) is 8.25. The summed E-state index contributed by atoms with van der Waals surface area (Å²) in [4.78, 5) is 42.7. The Kier molecular flexibility index (Phi) is 8.50. The van der Waals surface area contributed by atoms with E-state index >= 15 is 0 Å². The number of ether oxygens (including phenoxy) is 5. The first kappa shape index (κ1) is 27.6. The monoisotopic (exact) mass is 552 g/mol. The highest BCUT2D eigenvalue weighted by Crippen LogP contribution is 2.35. The van der Waals surface area contributed by atoms with Crippen LogP contribution in [-0.2, 0) is 14.3 Å². The van der Waals surface area contributed by atoms with E-state index in [0.29, 0.717) is 50.9 Å². The zero-order valence-corrected chi connectivity index (χ0v) is 23.0. The molecule has 2 heterocycles. The molecule has 1 aromatic heterocycles. The van der Waals surface area contributed by atoms with Crippen LogP contribution in [0, 0.1) is 0 Å². The van der Waals surface area contributed by atoms with Gasteiger partial charge in [0.25, 0.3) is 5.56 Å². The number of rotatable bonds is 9. The topological polar surface area (TPSA) is 115 Å². The molecule has 1 atom stereocenters. The van der Waals surface area contributed by atoms with Crippen LogP contribution in [0.15, 0.2) is 58.0 Å². The molecule has 2 aromatic carbocycles. The summed E-state index contributed by atoms with van der Waals surface area (Å²) < 4.78 is 28.8. The quantitative estimate of drug-likeness (QED) is 0.294. The number of carbonyl (C=O) groups excluding carboxylic acids is 2. The number of hydrogen-bond donors (Lipinski definition) is 0. The van der Waals surface area contributed by atoms with E-state index < -0.39 is 18.0 Å². The number of carbonyl (C=O) groups is 2. The van der Waals surface area contributed by atoms with Crippen LogP contribution in [0.5, 0.6) is 23.0 Å². The molecule has 0 N–H and O–H groups in total. The van der Waals surface area contributed by atoms with Crippen LogP contribution in [0.2, 0.25) is 0 Å². The van der Waals surface area contributed by atoms with Crippen molar-refractivity contribution >= 4 is 29.4 Å². The summed E-state index contributed by atoms with van der Waals surface area (Å²) in [5, 5.41) is 0. The fourth-order valence-electron chi connectivity index (χ4n) is 4.15. The van der Waals surface area contributed by atoms with Crippen molar-refractivity contribution in [1.82, 2.24) is 4.57 Å². The number of esters is 2. The van der Waals surface area contributed by atoms with Gasteiger partial charge in [0.1, 0.15) is 0 Å². The highest BCUT2D eigenvalue weighted by atomic mass is 32.1. The number of hydrogen-bond acceptors (Lipinski definition) is 10. The smallest absolute Gasteiger partial charge is 0.337 e. The van der Waals surface area contributed by atoms with Gasteiger partial charge in [-0.05, 0) is 55.3 Å². The predicted molar refractivity (Wildman–Crippen MR) is 144 cm³/mol. The van der Waals surface area contributed by atoms with E-state index in [2.05, 4.69) is 4.99 Å². The van der Waals surface area contributed by atoms with Crippen molar-refractivity contribution in [3.63, 3.8) is 0 Å². The van der Waals surface area contributed by atoms with Crippen molar-refractivity contribution in [1.29, 1.82) is 0 Å². The Labute approximate surface area is 228 Å². The van der Waals surface area contributed by atoms with Gasteiger partial charge in [-0.1, -0.05) is 23.5 Å². The molecule has 0 radical (unpaired) electrons. The second kappa shape index (κ2) is 12.0. The molecule has 1 aliphatic rings. The van der Waals surface area contributed by atoms with E-state index in [9.17, 15) is 14.4 Å². The molecular weight excluding hydrogens is 524 g/mol. The lowest BCUT2D eigenvalue weighted by Crippen LogP contribution is -2.39. The average molecular weight is 553 g/mol. The SMILES string of the molecule is CCOc1ccc([C@H]2C(C(=O)OC)=CN=c3s/c(=C\c4ccc(OC(C)=O)c(OC)c4)c(=O)n32)cc1OCC. The first-order chi connectivity index (χ1) is 18.8. The zero-order chi connectivity index (χ0) is 28.1. The summed E-state index contributed by atoms with van der Waals surface area (Å²) in [6, 6.07) is 9.47. The van der Waals surface area contributed by atoms with Crippen LogP contribution < -0.4 is 33.8 Å². The number of nitrogens with zero attached hydrogens (tertiary/aromatic N) is 2. The first-order valence-corrected chi connectivity index (χ1v) is 13.0. The Morgan fingerprint density at radius 3 is 2.38 bits per heavy atom. The molecule has 3 aromatic rings. The lowest BCUT2D eigenvalue weighted by molar-refractivity contribution is -0.136. The van der Waals surface area contributed by atoms with Gasteiger partial charge in [0, 0.05) is 13.1 Å². The molecule has 0 saturated heterocycles. The van der Waals surface area contributed by atoms with Crippen LogP contribution in [0.4, 0.5) is 0 Å². The van der Waals surface area contributed by atoms with E-state index in [4.69, 9.17) is 23.7 Å². The minimum atomic E-state index is -0.799. The highest BCUT2D eigenvalue weighted by molar-refractivity contribution is 7.07. The Morgan fingerprint density at radius 2 is 1.72 bits per heavy atom. The summed E-state index contributed by atoms with van der Waals surface area (Å²) >= 11 is 1.18. The standard InChI is InChI=1S/C28H28N2O8S/c1-6-36-20-11-9-18(14-23(20)37-7-2)25-19(27(33)35-5)15-29-28-30(25)26(32)24(39-28)13-17-8-10-21(38-16(3)31)22(12-17)34-4/h8-15,25H,6-7H2,1-5H3/b24-13-/t25-/m0/s1. The maximum Gasteiger partial charge on any atom is 0.337 e. The van der Waals surface area contributed by atoms with Gasteiger partial charge in [0.15, 0.2) is 27.8 Å². The van der Waals surface area contributed by atoms with Crippen molar-refractivity contribution in [2.24, 2.45) is 4.99 Å². The van der Waals surface area contributed by atoms with Crippen molar-refractivity contribution in [3.8, 4) is 23.0 Å². The predicted octanol–water partition coefficient (Wildman–Crippen LogP) is 2.75. The summed E-state index contributed by atoms with van der Waals surface area (Å²) in [7, 11) is 2.74. The fourth-order valence-corrected chi connectivity index (χ4v) is 5.12. The largest absolute Gasteiger partial charge is 0.493 e. The number of methoxy groups -OCH3 is 2. The molecule has 0 spiro atoms. The van der Waals surface area contributed by atoms with Gasteiger partial charge in [-0.25, -0.2) is 9.79 Å². The van der Waals surface area contributed by atoms with Crippen molar-refractivity contribution in [2.75, 3.05) is 27.4 Å². The Hall–Kier alpha value is -4.38. The summed E-state index contributed by atoms with van der Waals surface area (Å²) in [5.74, 6) is 0.598. The van der Waals surface area contributed by atoms with E-state index in [0.717, 1.165) is 0 Å². The van der Waals surface area contributed by atoms with E-state index in [1.54, 1.807) is 42.5 Å². The number of aromatic nitrogens is 1. The molecule has 10 nitrogen and oxygen atoms in total. The minimum absolute atomic E-state index is 0.204. The van der Waals surface area contributed by atoms with Crippen molar-refractivity contribution in [3.05, 3.63) is 79.0 Å². The third-order valence-electron chi connectivity index (χ3n) is 5.75. The van der Waals surface area contributed by atoms with Gasteiger partial charge in [-0.3, -0.25) is 14.2 Å². The lowest BCUT2D eigenvalue weighted by atomic mass is 9.97. The number of fused-ring (bicyclic) bond motifs is 1. The summed E-state index contributed by atoms with van der Waals surface area (Å²) in [5.41, 5.74) is 1.15. The average Bonchev–Trinajstić information content (AvgIpc) is 3.24. The molecule has 39 heavy (non-hydrogen) atoms. The molecule has 1 aliphatic heterocycles. The molecule has 11 heteroatoms. The van der Waals surface area contributed by atoms with Gasteiger partial charge in [0.2, 0.25) is 0 Å². The maximum absolute atomic E-state index is 13.8. The zero-order valence-electron chi connectivity index (χ0n) is 22.2. The molecule has 4 rings (SSSR count). The Morgan fingerprint density at radius 1 is 1.00 bits per heavy atom. The van der Waals surface area contributed by atoms with Crippen LogP contribution in [0.25, 0.3) is 6.08 Å². The highest BCUT2D eigenvalue weighted by Gasteiger charge is 2.31. The van der Waals surface area contributed by atoms with Gasteiger partial charge in [0.05, 0.1) is 43.6 Å². The third kappa shape index (κ3) is 5.73. The maximum atomic E-state index is 13.8. The van der Waals surface area contributed by atoms with Gasteiger partial charge in [-0.2, -0.15) is 0 Å². The molecule has 0 saturated carbocycles. The lowest BCUT2D eigenvalue weighted by Gasteiger charge is -2.23. The van der Waals surface area contributed by atoms with Crippen LogP contribution in [0.1, 0.15) is 37.9 Å². The normalized spacial score (nSPS) is 14.5. The summed E-state index contributed by atoms with van der Waals surface area (Å²) in [6.45, 7) is 5.90. The Balaban J connectivity index is 1.86. The van der Waals surface area contributed by atoms with E-state index in [1.165, 1.54) is 43.2 Å². The van der Waals surface area contributed by atoms with E-state index in [-0.39, 0.29) is 16.9 Å². The molecule has 0 unspecified atom stereocenters. The fraction of sp³-hybridized carbons (Fsp3) is 0.286. The number of benzene rings is 2. The third-order valence-corrected chi connectivity index (χ3v) is 6.74. The van der Waals surface area contributed by atoms with Gasteiger partial charge >= 0.3 is 11.9 Å². The minimum Gasteiger partial charge on any atom is -0.493 e. The van der Waals surface area contributed by atoms with Crippen molar-refractivity contribution in [2.45, 2.75) is 26.8 Å². The van der Waals surface area contributed by atoms with Gasteiger partial charge in [-0.15, -0.1) is 0 Å². The molecule has 0 fully saturated rings. The molecule has 0 bridgehead atoms. The second-order valence-corrected chi connectivity index (χ2v) is 9.26.